The van der Waals surface area contributed by atoms with E-state index in [2.05, 4.69) is 15.6 Å². The molecule has 1 aromatic heterocycles. The second-order valence-corrected chi connectivity index (χ2v) is 10.2. The second-order valence-electron chi connectivity index (χ2n) is 9.23. The molecule has 1 saturated heterocycles. The number of aromatic nitrogens is 1. The van der Waals surface area contributed by atoms with Gasteiger partial charge in [0.1, 0.15) is 10.8 Å². The molecule has 2 heterocycles. The van der Waals surface area contributed by atoms with Crippen LogP contribution in [0.5, 0.6) is 0 Å². The first-order chi connectivity index (χ1) is 17.3. The number of aliphatic hydroxyl groups is 1. The fourth-order valence-electron chi connectivity index (χ4n) is 4.43. The average molecular weight is 511 g/mol. The van der Waals surface area contributed by atoms with Crippen molar-refractivity contribution in [3.63, 3.8) is 0 Å². The number of hydrogen-bond donors (Lipinski definition) is 3. The molecule has 0 aliphatic carbocycles. The first-order valence-electron chi connectivity index (χ1n) is 12.0. The molecular formula is C27H31FN4O3S. The van der Waals surface area contributed by atoms with E-state index in [1.807, 2.05) is 12.3 Å². The number of rotatable bonds is 9. The van der Waals surface area contributed by atoms with Crippen LogP contribution in [0.25, 0.3) is 0 Å². The van der Waals surface area contributed by atoms with Crippen molar-refractivity contribution in [2.24, 2.45) is 0 Å². The molecule has 9 heteroatoms. The highest BCUT2D eigenvalue weighted by atomic mass is 32.1. The minimum absolute atomic E-state index is 0.133. The molecule has 3 aromatic rings. The van der Waals surface area contributed by atoms with Crippen LogP contribution >= 0.6 is 11.3 Å². The van der Waals surface area contributed by atoms with Crippen LogP contribution in [-0.4, -0.2) is 58.6 Å². The average Bonchev–Trinajstić information content (AvgIpc) is 3.56. The normalized spacial score (nSPS) is 16.9. The monoisotopic (exact) mass is 510 g/mol. The van der Waals surface area contributed by atoms with Gasteiger partial charge in [0.25, 0.3) is 11.8 Å². The van der Waals surface area contributed by atoms with Gasteiger partial charge in [-0.15, -0.1) is 11.3 Å². The number of nitrogens with zero attached hydrogens (tertiary/aromatic N) is 2. The highest BCUT2D eigenvalue weighted by Gasteiger charge is 2.31. The standard InChI is InChI=1S/C27H31FN4O3S/c1-17-16-36-24(30-17)15-32(2)27(35)20-6-3-5-19(14-20)26(34)31-23(25(33)22-7-4-12-29-22)13-18-8-10-21(28)11-9-18/h3,5-6,8-11,14,16,22-23,25,29,33H,4,7,12-13,15H2,1-2H3,(H,31,34)/t22?,23-,25+/m0/s1. The zero-order valence-electron chi connectivity index (χ0n) is 20.4. The van der Waals surface area contributed by atoms with E-state index < -0.39 is 12.1 Å². The molecule has 36 heavy (non-hydrogen) atoms. The van der Waals surface area contributed by atoms with Crippen molar-refractivity contribution in [2.45, 2.75) is 50.9 Å². The molecule has 1 aliphatic rings. The first kappa shape index (κ1) is 25.9. The Morgan fingerprint density at radius 1 is 1.25 bits per heavy atom. The highest BCUT2D eigenvalue weighted by Crippen LogP contribution is 2.18. The van der Waals surface area contributed by atoms with Gasteiger partial charge in [0, 0.05) is 35.3 Å². The van der Waals surface area contributed by atoms with Gasteiger partial charge >= 0.3 is 0 Å². The van der Waals surface area contributed by atoms with Crippen LogP contribution < -0.4 is 10.6 Å². The molecule has 4 rings (SSSR count). The number of hydrogen-bond acceptors (Lipinski definition) is 6. The lowest BCUT2D eigenvalue weighted by molar-refractivity contribution is 0.0737. The summed E-state index contributed by atoms with van der Waals surface area (Å²) in [5, 5.41) is 20.1. The lowest BCUT2D eigenvalue weighted by Gasteiger charge is -2.29. The maximum Gasteiger partial charge on any atom is 0.253 e. The van der Waals surface area contributed by atoms with Gasteiger partial charge in [0.15, 0.2) is 0 Å². The van der Waals surface area contributed by atoms with Crippen LogP contribution in [0, 0.1) is 12.7 Å². The Balaban J connectivity index is 1.48. The highest BCUT2D eigenvalue weighted by molar-refractivity contribution is 7.09. The van der Waals surface area contributed by atoms with Crippen molar-refractivity contribution < 1.29 is 19.1 Å². The van der Waals surface area contributed by atoms with Crippen molar-refractivity contribution in [1.82, 2.24) is 20.5 Å². The number of benzene rings is 2. The molecule has 1 aliphatic heterocycles. The van der Waals surface area contributed by atoms with Crippen LogP contribution in [0.4, 0.5) is 4.39 Å². The Morgan fingerprint density at radius 3 is 2.67 bits per heavy atom. The smallest absolute Gasteiger partial charge is 0.253 e. The SMILES string of the molecule is Cc1csc(CN(C)C(=O)c2cccc(C(=O)N[C@@H](Cc3ccc(F)cc3)[C@H](O)C3CCCN3)c2)n1. The van der Waals surface area contributed by atoms with Crippen LogP contribution in [0.15, 0.2) is 53.9 Å². The molecule has 0 radical (unpaired) electrons. The van der Waals surface area contributed by atoms with E-state index in [-0.39, 0.29) is 23.7 Å². The summed E-state index contributed by atoms with van der Waals surface area (Å²) in [6.07, 6.45) is 1.29. The predicted octanol–water partition coefficient (Wildman–Crippen LogP) is 3.32. The Kier molecular flexibility index (Phi) is 8.45. The molecule has 1 fully saturated rings. The lowest BCUT2D eigenvalue weighted by atomic mass is 9.95. The van der Waals surface area contributed by atoms with Gasteiger partial charge < -0.3 is 20.6 Å². The summed E-state index contributed by atoms with van der Waals surface area (Å²) in [6.45, 7) is 3.11. The molecule has 7 nitrogen and oxygen atoms in total. The quantitative estimate of drug-likeness (QED) is 0.411. The third-order valence-electron chi connectivity index (χ3n) is 6.37. The molecule has 190 valence electrons. The minimum atomic E-state index is -0.820. The van der Waals surface area contributed by atoms with Crippen molar-refractivity contribution in [3.05, 3.63) is 87.1 Å². The topological polar surface area (TPSA) is 94.6 Å². The molecule has 1 unspecified atom stereocenters. The molecule has 0 saturated carbocycles. The van der Waals surface area contributed by atoms with Gasteiger partial charge in [-0.1, -0.05) is 18.2 Å². The van der Waals surface area contributed by atoms with Gasteiger partial charge in [-0.25, -0.2) is 9.37 Å². The van der Waals surface area contributed by atoms with E-state index in [9.17, 15) is 19.1 Å². The summed E-state index contributed by atoms with van der Waals surface area (Å²) >= 11 is 1.50. The van der Waals surface area contributed by atoms with Crippen molar-refractivity contribution in [1.29, 1.82) is 0 Å². The maximum atomic E-state index is 13.4. The van der Waals surface area contributed by atoms with Gasteiger partial charge in [0.05, 0.1) is 18.7 Å². The molecule has 0 bridgehead atoms. The number of amides is 2. The number of carbonyl (C=O) groups excluding carboxylic acids is 2. The van der Waals surface area contributed by atoms with Crippen LogP contribution in [0.1, 0.15) is 49.8 Å². The minimum Gasteiger partial charge on any atom is -0.389 e. The Bertz CT molecular complexity index is 1190. The Labute approximate surface area is 214 Å². The van der Waals surface area contributed by atoms with Crippen LogP contribution in [-0.2, 0) is 13.0 Å². The van der Waals surface area contributed by atoms with E-state index in [0.717, 1.165) is 35.7 Å². The second kappa shape index (κ2) is 11.7. The largest absolute Gasteiger partial charge is 0.389 e. The molecule has 2 amide bonds. The molecule has 3 atom stereocenters. The number of thiazole rings is 1. The van der Waals surface area contributed by atoms with Crippen molar-refractivity contribution in [3.8, 4) is 0 Å². The summed E-state index contributed by atoms with van der Waals surface area (Å²) in [4.78, 5) is 32.2. The molecule has 0 spiro atoms. The maximum absolute atomic E-state index is 13.4. The van der Waals surface area contributed by atoms with Gasteiger partial charge in [-0.2, -0.15) is 0 Å². The summed E-state index contributed by atoms with van der Waals surface area (Å²) in [6, 6.07) is 11.9. The van der Waals surface area contributed by atoms with E-state index in [1.54, 1.807) is 48.3 Å². The zero-order valence-corrected chi connectivity index (χ0v) is 21.2. The van der Waals surface area contributed by atoms with Crippen molar-refractivity contribution >= 4 is 23.2 Å². The van der Waals surface area contributed by atoms with Crippen LogP contribution in [0.2, 0.25) is 0 Å². The number of carbonyl (C=O) groups is 2. The first-order valence-corrected chi connectivity index (χ1v) is 12.9. The van der Waals surface area contributed by atoms with Crippen molar-refractivity contribution in [2.75, 3.05) is 13.6 Å². The Hall–Kier alpha value is -3.14. The fraction of sp³-hybridized carbons (Fsp3) is 0.370. The number of nitrogens with one attached hydrogen (secondary N) is 2. The van der Waals surface area contributed by atoms with E-state index in [4.69, 9.17) is 0 Å². The van der Waals surface area contributed by atoms with Crippen LogP contribution in [0.3, 0.4) is 0 Å². The van der Waals surface area contributed by atoms with E-state index in [1.165, 1.54) is 23.5 Å². The Morgan fingerprint density at radius 2 is 2.00 bits per heavy atom. The summed E-state index contributed by atoms with van der Waals surface area (Å²) in [7, 11) is 1.70. The van der Waals surface area contributed by atoms with Gasteiger partial charge in [0.2, 0.25) is 0 Å². The lowest BCUT2D eigenvalue weighted by Crippen LogP contribution is -2.52. The third kappa shape index (κ3) is 6.54. The predicted molar refractivity (Wildman–Crippen MR) is 137 cm³/mol. The number of aliphatic hydroxyl groups excluding tert-OH is 1. The summed E-state index contributed by atoms with van der Waals surface area (Å²) in [5.41, 5.74) is 2.45. The van der Waals surface area contributed by atoms with Gasteiger partial charge in [-0.05, 0) is 68.6 Å². The van der Waals surface area contributed by atoms with E-state index >= 15 is 0 Å². The summed E-state index contributed by atoms with van der Waals surface area (Å²) in [5.74, 6) is -0.934. The fourth-order valence-corrected chi connectivity index (χ4v) is 5.25. The number of aryl methyl sites for hydroxylation is 1. The molecular weight excluding hydrogens is 479 g/mol. The zero-order chi connectivity index (χ0) is 25.7. The number of halogens is 1. The third-order valence-corrected chi connectivity index (χ3v) is 7.32. The molecule has 3 N–H and O–H groups in total. The molecule has 2 aromatic carbocycles. The van der Waals surface area contributed by atoms with Gasteiger partial charge in [-0.3, -0.25) is 9.59 Å². The summed E-state index contributed by atoms with van der Waals surface area (Å²) < 4.78 is 13.4. The van der Waals surface area contributed by atoms with E-state index in [0.29, 0.717) is 24.1 Å².